The zero-order chi connectivity index (χ0) is 13.1. The maximum Gasteiger partial charge on any atom is 0.116 e. The number of benzene rings is 1. The highest BCUT2D eigenvalue weighted by atomic mass is 15.2. The Labute approximate surface area is 112 Å². The number of aromatic nitrogens is 2. The minimum absolute atomic E-state index is 0.726. The third-order valence-corrected chi connectivity index (χ3v) is 3.11. The van der Waals surface area contributed by atoms with E-state index in [0.29, 0.717) is 0 Å². The Balaban J connectivity index is 1.81. The molecule has 98 valence electrons. The zero-order valence-corrected chi connectivity index (χ0v) is 10.9. The van der Waals surface area contributed by atoms with Crippen LogP contribution >= 0.6 is 0 Å². The Hall–Kier alpha value is -2.30. The molecule has 0 bridgehead atoms. The van der Waals surface area contributed by atoms with Crippen molar-refractivity contribution in [2.45, 2.75) is 0 Å². The van der Waals surface area contributed by atoms with Crippen molar-refractivity contribution >= 4 is 11.5 Å². The minimum atomic E-state index is 0.726. The first-order chi connectivity index (χ1) is 9.33. The summed E-state index contributed by atoms with van der Waals surface area (Å²) in [5.41, 5.74) is 3.17. The molecule has 0 fully saturated rings. The van der Waals surface area contributed by atoms with Crippen molar-refractivity contribution in [3.05, 3.63) is 36.5 Å². The molecule has 1 aliphatic rings. The number of nitrogens with one attached hydrogen (secondary N) is 2. The van der Waals surface area contributed by atoms with Gasteiger partial charge in [0, 0.05) is 31.0 Å². The van der Waals surface area contributed by atoms with Gasteiger partial charge in [0.1, 0.15) is 5.84 Å². The molecule has 0 spiro atoms. The third-order valence-electron chi connectivity index (χ3n) is 3.11. The Kier molecular flexibility index (Phi) is 3.18. The van der Waals surface area contributed by atoms with E-state index in [1.165, 1.54) is 0 Å². The van der Waals surface area contributed by atoms with Gasteiger partial charge in [-0.1, -0.05) is 18.2 Å². The van der Waals surface area contributed by atoms with Gasteiger partial charge in [0.2, 0.25) is 0 Å². The number of amidine groups is 1. The molecule has 0 saturated carbocycles. The van der Waals surface area contributed by atoms with Crippen molar-refractivity contribution in [2.24, 2.45) is 12.0 Å². The summed E-state index contributed by atoms with van der Waals surface area (Å²) < 4.78 is 1.81. The lowest BCUT2D eigenvalue weighted by molar-refractivity contribution is 0.771. The van der Waals surface area contributed by atoms with Crippen LogP contribution in [0.3, 0.4) is 0 Å². The Morgan fingerprint density at radius 3 is 2.95 bits per heavy atom. The Morgan fingerprint density at radius 1 is 1.32 bits per heavy atom. The largest absolute Gasteiger partial charge is 0.377 e. The quantitative estimate of drug-likeness (QED) is 0.870. The van der Waals surface area contributed by atoms with Crippen molar-refractivity contribution in [1.82, 2.24) is 15.1 Å². The SMILES string of the molecule is Cn1ccc(-c2ccccc2NCC2=NCCN2)n1. The predicted octanol–water partition coefficient (Wildman–Crippen LogP) is 1.50. The lowest BCUT2D eigenvalue weighted by Crippen LogP contribution is -2.26. The summed E-state index contributed by atoms with van der Waals surface area (Å²) in [6.07, 6.45) is 1.95. The van der Waals surface area contributed by atoms with Gasteiger partial charge in [-0.25, -0.2) is 0 Å². The first kappa shape index (κ1) is 11.8. The van der Waals surface area contributed by atoms with Crippen LogP contribution in [0, 0.1) is 0 Å². The number of hydrogen-bond donors (Lipinski definition) is 2. The van der Waals surface area contributed by atoms with E-state index < -0.39 is 0 Å². The normalized spacial score (nSPS) is 14.1. The molecule has 0 atom stereocenters. The number of para-hydroxylation sites is 1. The van der Waals surface area contributed by atoms with E-state index in [-0.39, 0.29) is 0 Å². The predicted molar refractivity (Wildman–Crippen MR) is 77.4 cm³/mol. The topological polar surface area (TPSA) is 54.2 Å². The monoisotopic (exact) mass is 255 g/mol. The van der Waals surface area contributed by atoms with E-state index in [2.05, 4.69) is 32.9 Å². The fourth-order valence-electron chi connectivity index (χ4n) is 2.16. The highest BCUT2D eigenvalue weighted by Crippen LogP contribution is 2.25. The molecule has 3 rings (SSSR count). The Bertz CT molecular complexity index is 599. The number of aryl methyl sites for hydroxylation is 1. The van der Waals surface area contributed by atoms with Gasteiger partial charge in [0.15, 0.2) is 0 Å². The lowest BCUT2D eigenvalue weighted by atomic mass is 10.1. The van der Waals surface area contributed by atoms with E-state index in [9.17, 15) is 0 Å². The third kappa shape index (κ3) is 2.59. The molecule has 2 heterocycles. The molecule has 5 heteroatoms. The average Bonchev–Trinajstić information content (AvgIpc) is 3.08. The van der Waals surface area contributed by atoms with Crippen LogP contribution in [0.1, 0.15) is 0 Å². The summed E-state index contributed by atoms with van der Waals surface area (Å²) in [4.78, 5) is 4.38. The second kappa shape index (κ2) is 5.14. The van der Waals surface area contributed by atoms with Crippen molar-refractivity contribution < 1.29 is 0 Å². The van der Waals surface area contributed by atoms with Crippen LogP contribution in [0.5, 0.6) is 0 Å². The summed E-state index contributed by atoms with van der Waals surface area (Å²) in [6.45, 7) is 2.54. The van der Waals surface area contributed by atoms with Crippen molar-refractivity contribution in [1.29, 1.82) is 0 Å². The maximum absolute atomic E-state index is 4.45. The molecule has 2 N–H and O–H groups in total. The molecule has 5 nitrogen and oxygen atoms in total. The van der Waals surface area contributed by atoms with Gasteiger partial charge >= 0.3 is 0 Å². The number of rotatable bonds is 4. The highest BCUT2D eigenvalue weighted by molar-refractivity contribution is 5.88. The van der Waals surface area contributed by atoms with Gasteiger partial charge in [-0.15, -0.1) is 0 Å². The fourth-order valence-corrected chi connectivity index (χ4v) is 2.16. The van der Waals surface area contributed by atoms with Gasteiger partial charge in [0.05, 0.1) is 18.8 Å². The smallest absolute Gasteiger partial charge is 0.116 e. The summed E-state index contributed by atoms with van der Waals surface area (Å²) in [7, 11) is 1.93. The average molecular weight is 255 g/mol. The van der Waals surface area contributed by atoms with E-state index >= 15 is 0 Å². The van der Waals surface area contributed by atoms with E-state index in [4.69, 9.17) is 0 Å². The number of hydrogen-bond acceptors (Lipinski definition) is 4. The highest BCUT2D eigenvalue weighted by Gasteiger charge is 2.09. The molecule has 1 aliphatic heterocycles. The fraction of sp³-hybridized carbons (Fsp3) is 0.286. The number of nitrogens with zero attached hydrogens (tertiary/aromatic N) is 3. The molecular formula is C14H17N5. The van der Waals surface area contributed by atoms with Crippen LogP contribution in [-0.4, -0.2) is 35.3 Å². The summed E-state index contributed by atoms with van der Waals surface area (Å²) >= 11 is 0. The van der Waals surface area contributed by atoms with Crippen LogP contribution in [-0.2, 0) is 7.05 Å². The van der Waals surface area contributed by atoms with Crippen LogP contribution in [0.2, 0.25) is 0 Å². The van der Waals surface area contributed by atoms with Gasteiger partial charge in [-0.3, -0.25) is 9.67 Å². The van der Waals surface area contributed by atoms with Crippen molar-refractivity contribution in [3.8, 4) is 11.3 Å². The molecule has 0 saturated heterocycles. The summed E-state index contributed by atoms with van der Waals surface area (Å²) in [5.74, 6) is 1.02. The second-order valence-electron chi connectivity index (χ2n) is 4.53. The molecular weight excluding hydrogens is 238 g/mol. The molecule has 0 amide bonds. The summed E-state index contributed by atoms with van der Waals surface area (Å²) in [5, 5.41) is 11.1. The molecule has 1 aromatic heterocycles. The summed E-state index contributed by atoms with van der Waals surface area (Å²) in [6, 6.07) is 10.2. The van der Waals surface area contributed by atoms with E-state index in [1.54, 1.807) is 0 Å². The standard InChI is InChI=1S/C14H17N5/c1-19-9-6-13(18-19)11-4-2-3-5-12(11)17-10-14-15-7-8-16-14/h2-6,9,17H,7-8,10H2,1H3,(H,15,16). The van der Waals surface area contributed by atoms with Gasteiger partial charge in [-0.2, -0.15) is 5.10 Å². The lowest BCUT2D eigenvalue weighted by Gasteiger charge is -2.10. The van der Waals surface area contributed by atoms with Gasteiger partial charge < -0.3 is 10.6 Å². The number of anilines is 1. The van der Waals surface area contributed by atoms with E-state index in [1.807, 2.05) is 36.1 Å². The van der Waals surface area contributed by atoms with Crippen molar-refractivity contribution in [2.75, 3.05) is 25.0 Å². The van der Waals surface area contributed by atoms with Crippen LogP contribution in [0.25, 0.3) is 11.3 Å². The number of aliphatic imine (C=N–C) groups is 1. The molecule has 1 aromatic carbocycles. The molecule has 0 aliphatic carbocycles. The van der Waals surface area contributed by atoms with Gasteiger partial charge in [0.25, 0.3) is 0 Å². The van der Waals surface area contributed by atoms with Crippen LogP contribution in [0.15, 0.2) is 41.5 Å². The second-order valence-corrected chi connectivity index (χ2v) is 4.53. The molecule has 2 aromatic rings. The van der Waals surface area contributed by atoms with Crippen molar-refractivity contribution in [3.63, 3.8) is 0 Å². The maximum atomic E-state index is 4.45. The Morgan fingerprint density at radius 2 is 2.21 bits per heavy atom. The van der Waals surface area contributed by atoms with Crippen LogP contribution < -0.4 is 10.6 Å². The first-order valence-electron chi connectivity index (χ1n) is 6.43. The molecule has 0 unspecified atom stereocenters. The first-order valence-corrected chi connectivity index (χ1v) is 6.43. The van der Waals surface area contributed by atoms with Crippen LogP contribution in [0.4, 0.5) is 5.69 Å². The minimum Gasteiger partial charge on any atom is -0.377 e. The van der Waals surface area contributed by atoms with E-state index in [0.717, 1.165) is 42.4 Å². The zero-order valence-electron chi connectivity index (χ0n) is 10.9. The van der Waals surface area contributed by atoms with Gasteiger partial charge in [-0.05, 0) is 12.1 Å². The molecule has 19 heavy (non-hydrogen) atoms. The molecule has 0 radical (unpaired) electrons.